The summed E-state index contributed by atoms with van der Waals surface area (Å²) in [5.41, 5.74) is 2.12. The fraction of sp³-hybridized carbons (Fsp3) is 0.278. The number of hydrogen-bond donors (Lipinski definition) is 2. The van der Waals surface area contributed by atoms with E-state index in [0.717, 1.165) is 31.9 Å². The quantitative estimate of drug-likeness (QED) is 0.831. The number of hydrogen-bond acceptors (Lipinski definition) is 2. The van der Waals surface area contributed by atoms with Crippen LogP contribution in [-0.2, 0) is 0 Å². The Morgan fingerprint density at radius 3 is 2.44 bits per heavy atom. The highest BCUT2D eigenvalue weighted by Crippen LogP contribution is 2.30. The van der Waals surface area contributed by atoms with Gasteiger partial charge in [-0.3, -0.25) is 4.79 Å². The number of amides is 1. The third-order valence-electron chi connectivity index (χ3n) is 4.35. The molecule has 1 heterocycles. The number of nitrogens with zero attached hydrogens (tertiary/aromatic N) is 1. The van der Waals surface area contributed by atoms with Gasteiger partial charge in [-0.15, -0.1) is 0 Å². The van der Waals surface area contributed by atoms with Crippen LogP contribution in [0, 0.1) is 0 Å². The van der Waals surface area contributed by atoms with Crippen LogP contribution in [0.3, 0.4) is 0 Å². The predicted molar refractivity (Wildman–Crippen MR) is 105 cm³/mol. The summed E-state index contributed by atoms with van der Waals surface area (Å²) in [5, 5.41) is 4.29. The van der Waals surface area contributed by atoms with Crippen molar-refractivity contribution in [2.24, 2.45) is 0 Å². The fourth-order valence-corrected chi connectivity index (χ4v) is 3.32. The van der Waals surface area contributed by atoms with Crippen LogP contribution in [0.5, 0.6) is 0 Å². The molecule has 0 unspecified atom stereocenters. The summed E-state index contributed by atoms with van der Waals surface area (Å²) in [6.45, 7) is 3.98. The molecule has 0 bridgehead atoms. The summed E-state index contributed by atoms with van der Waals surface area (Å²) in [6, 6.07) is 10.4. The molecule has 0 aliphatic carbocycles. The number of rotatable bonds is 3. The lowest BCUT2D eigenvalue weighted by atomic mass is 10.1. The average molecular weight is 400 g/mol. The molecule has 0 aromatic heterocycles. The standard InChI is InChI=1S/C18H18Cl3N3O/c1-23-6-8-24(9-7-23)17-5-3-13(19)11-16(17)22-18(25)12-2-4-14(20)15(21)10-12/h2-5,10-11H,6-9H2,1H3,(H,22,25)/p+1. The number of piperazine rings is 1. The molecule has 25 heavy (non-hydrogen) atoms. The lowest BCUT2D eigenvalue weighted by Gasteiger charge is -2.33. The van der Waals surface area contributed by atoms with Crippen LogP contribution in [0.2, 0.25) is 15.1 Å². The Hall–Kier alpha value is -1.46. The fourth-order valence-electron chi connectivity index (χ4n) is 2.85. The summed E-state index contributed by atoms with van der Waals surface area (Å²) >= 11 is 18.1. The monoisotopic (exact) mass is 398 g/mol. The van der Waals surface area contributed by atoms with Crippen molar-refractivity contribution < 1.29 is 9.69 Å². The number of nitrogens with one attached hydrogen (secondary N) is 2. The summed E-state index contributed by atoms with van der Waals surface area (Å²) in [6.07, 6.45) is 0. The van der Waals surface area contributed by atoms with E-state index in [-0.39, 0.29) is 5.91 Å². The second-order valence-corrected chi connectivity index (χ2v) is 7.44. The van der Waals surface area contributed by atoms with Crippen molar-refractivity contribution in [3.8, 4) is 0 Å². The van der Waals surface area contributed by atoms with Gasteiger partial charge in [0, 0.05) is 10.6 Å². The molecule has 0 atom stereocenters. The first kappa shape index (κ1) is 18.3. The van der Waals surface area contributed by atoms with Crippen molar-refractivity contribution >= 4 is 52.1 Å². The summed E-state index contributed by atoms with van der Waals surface area (Å²) in [7, 11) is 2.19. The van der Waals surface area contributed by atoms with Crippen molar-refractivity contribution in [3.05, 3.63) is 57.0 Å². The van der Waals surface area contributed by atoms with E-state index in [1.807, 2.05) is 12.1 Å². The molecule has 7 heteroatoms. The Morgan fingerprint density at radius 1 is 1.04 bits per heavy atom. The highest BCUT2D eigenvalue weighted by molar-refractivity contribution is 6.42. The van der Waals surface area contributed by atoms with Gasteiger partial charge in [-0.1, -0.05) is 34.8 Å². The largest absolute Gasteiger partial charge is 0.359 e. The topological polar surface area (TPSA) is 36.8 Å². The Kier molecular flexibility index (Phi) is 5.74. The molecule has 1 fully saturated rings. The minimum atomic E-state index is -0.248. The molecular formula is C18H19Cl3N3O+. The van der Waals surface area contributed by atoms with Crippen LogP contribution in [0.1, 0.15) is 10.4 Å². The number of benzene rings is 2. The number of anilines is 2. The molecule has 132 valence electrons. The molecule has 1 amide bonds. The van der Waals surface area contributed by atoms with E-state index in [0.29, 0.717) is 26.3 Å². The molecule has 0 spiro atoms. The molecule has 2 aromatic rings. The molecule has 0 radical (unpaired) electrons. The van der Waals surface area contributed by atoms with Crippen LogP contribution < -0.4 is 15.1 Å². The van der Waals surface area contributed by atoms with Crippen LogP contribution >= 0.6 is 34.8 Å². The van der Waals surface area contributed by atoms with Gasteiger partial charge in [-0.2, -0.15) is 0 Å². The van der Waals surface area contributed by atoms with Gasteiger partial charge in [-0.05, 0) is 36.4 Å². The van der Waals surface area contributed by atoms with Crippen LogP contribution in [-0.4, -0.2) is 39.1 Å². The first-order valence-corrected chi connectivity index (χ1v) is 9.19. The van der Waals surface area contributed by atoms with Crippen molar-refractivity contribution in [2.75, 3.05) is 43.4 Å². The number of carbonyl (C=O) groups is 1. The van der Waals surface area contributed by atoms with Gasteiger partial charge in [0.1, 0.15) is 0 Å². The van der Waals surface area contributed by atoms with Gasteiger partial charge in [0.05, 0.1) is 54.6 Å². The van der Waals surface area contributed by atoms with Crippen molar-refractivity contribution in [2.45, 2.75) is 0 Å². The Balaban J connectivity index is 1.84. The maximum absolute atomic E-state index is 12.6. The maximum Gasteiger partial charge on any atom is 0.255 e. The van der Waals surface area contributed by atoms with Crippen LogP contribution in [0.15, 0.2) is 36.4 Å². The zero-order valence-corrected chi connectivity index (χ0v) is 16.0. The van der Waals surface area contributed by atoms with Gasteiger partial charge in [-0.25, -0.2) is 0 Å². The van der Waals surface area contributed by atoms with Gasteiger partial charge in [0.15, 0.2) is 0 Å². The van der Waals surface area contributed by atoms with Crippen molar-refractivity contribution in [3.63, 3.8) is 0 Å². The number of carbonyl (C=O) groups excluding carboxylic acids is 1. The molecule has 1 saturated heterocycles. The molecule has 0 saturated carbocycles. The lowest BCUT2D eigenvalue weighted by Crippen LogP contribution is -3.12. The predicted octanol–water partition coefficient (Wildman–Crippen LogP) is 3.23. The van der Waals surface area contributed by atoms with Gasteiger partial charge in [0.25, 0.3) is 5.91 Å². The highest BCUT2D eigenvalue weighted by Gasteiger charge is 2.20. The van der Waals surface area contributed by atoms with E-state index in [1.54, 1.807) is 24.3 Å². The van der Waals surface area contributed by atoms with Crippen molar-refractivity contribution in [1.82, 2.24) is 0 Å². The molecule has 3 rings (SSSR count). The maximum atomic E-state index is 12.6. The summed E-state index contributed by atoms with van der Waals surface area (Å²) in [4.78, 5) is 16.4. The molecule has 1 aliphatic heterocycles. The first-order valence-electron chi connectivity index (χ1n) is 8.06. The van der Waals surface area contributed by atoms with Gasteiger partial charge >= 0.3 is 0 Å². The Labute approximate surface area is 162 Å². The van der Waals surface area contributed by atoms with E-state index in [1.165, 1.54) is 4.90 Å². The Bertz CT molecular complexity index is 789. The second kappa shape index (κ2) is 7.83. The van der Waals surface area contributed by atoms with Crippen LogP contribution in [0.4, 0.5) is 11.4 Å². The summed E-state index contributed by atoms with van der Waals surface area (Å²) < 4.78 is 0. The van der Waals surface area contributed by atoms with Gasteiger partial charge in [0.2, 0.25) is 0 Å². The van der Waals surface area contributed by atoms with Crippen molar-refractivity contribution in [1.29, 1.82) is 0 Å². The minimum Gasteiger partial charge on any atom is -0.359 e. The van der Waals surface area contributed by atoms with Crippen LogP contribution in [0.25, 0.3) is 0 Å². The number of likely N-dealkylation sites (N-methyl/N-ethyl adjacent to an activating group) is 1. The normalized spacial score (nSPS) is 15.3. The zero-order chi connectivity index (χ0) is 18.0. The lowest BCUT2D eigenvalue weighted by molar-refractivity contribution is -0.880. The SMILES string of the molecule is C[NH+]1CCN(c2ccc(Cl)cc2NC(=O)c2ccc(Cl)c(Cl)c2)CC1. The molecule has 2 N–H and O–H groups in total. The molecular weight excluding hydrogens is 381 g/mol. The second-order valence-electron chi connectivity index (χ2n) is 6.19. The number of halogens is 3. The zero-order valence-electron chi connectivity index (χ0n) is 13.8. The van der Waals surface area contributed by atoms with E-state index in [2.05, 4.69) is 17.3 Å². The minimum absolute atomic E-state index is 0.248. The third kappa shape index (κ3) is 4.39. The first-order chi connectivity index (χ1) is 11.9. The van der Waals surface area contributed by atoms with E-state index in [4.69, 9.17) is 34.8 Å². The highest BCUT2D eigenvalue weighted by atomic mass is 35.5. The Morgan fingerprint density at radius 2 is 1.76 bits per heavy atom. The third-order valence-corrected chi connectivity index (χ3v) is 5.32. The molecule has 4 nitrogen and oxygen atoms in total. The van der Waals surface area contributed by atoms with E-state index in [9.17, 15) is 4.79 Å². The average Bonchev–Trinajstić information content (AvgIpc) is 2.58. The summed E-state index contributed by atoms with van der Waals surface area (Å²) in [5.74, 6) is -0.248. The van der Waals surface area contributed by atoms with Gasteiger partial charge < -0.3 is 15.1 Å². The van der Waals surface area contributed by atoms with E-state index < -0.39 is 0 Å². The number of quaternary nitrogens is 1. The molecule has 1 aliphatic rings. The smallest absolute Gasteiger partial charge is 0.255 e. The van der Waals surface area contributed by atoms with E-state index >= 15 is 0 Å². The molecule has 2 aromatic carbocycles.